The van der Waals surface area contributed by atoms with E-state index in [0.29, 0.717) is 40.6 Å². The molecule has 1 aromatic heterocycles. The smallest absolute Gasteiger partial charge is 0.251 e. The van der Waals surface area contributed by atoms with Gasteiger partial charge in [0.1, 0.15) is 0 Å². The summed E-state index contributed by atoms with van der Waals surface area (Å²) >= 11 is 7.45. The fourth-order valence-corrected chi connectivity index (χ4v) is 6.77. The number of hydrogen-bond acceptors (Lipinski definition) is 8. The first kappa shape index (κ1) is 30.7. The van der Waals surface area contributed by atoms with Crippen molar-refractivity contribution < 1.29 is 22.7 Å². The number of carbonyl (C=O) groups is 2. The van der Waals surface area contributed by atoms with Crippen LogP contribution in [-0.2, 0) is 26.1 Å². The largest absolute Gasteiger partial charge is 0.379 e. The summed E-state index contributed by atoms with van der Waals surface area (Å²) in [5.74, 6) is -0.116. The van der Waals surface area contributed by atoms with Crippen LogP contribution in [0.4, 0.5) is 5.69 Å². The average molecular weight is 641 g/mol. The van der Waals surface area contributed by atoms with Crippen LogP contribution in [0.5, 0.6) is 0 Å². The van der Waals surface area contributed by atoms with Gasteiger partial charge in [-0.1, -0.05) is 41.6 Å². The van der Waals surface area contributed by atoms with E-state index in [-0.39, 0.29) is 41.8 Å². The lowest BCUT2D eigenvalue weighted by Crippen LogP contribution is -2.40. The molecular weight excluding hydrogens is 612 g/mol. The molecule has 3 aromatic carbocycles. The Hall–Kier alpha value is -3.75. The van der Waals surface area contributed by atoms with Gasteiger partial charge in [-0.05, 0) is 67.1 Å². The second-order valence-corrected chi connectivity index (χ2v) is 13.0. The molecule has 0 saturated carbocycles. The Labute approximate surface area is 258 Å². The minimum absolute atomic E-state index is 0.0161. The standard InChI is InChI=1S/C29H29ClN6O5S2/c1-20-4-2-6-23(16-20)32-27(37)19-42-29-34-33-26(36(29)24-7-3-5-22(30)17-24)18-31-28(38)21-8-10-25(11-9-21)43(39,40)35-12-14-41-15-13-35/h2-11,16-17H,12-15,18-19H2,1H3,(H,31,38)(H,32,37). The van der Waals surface area contributed by atoms with Crippen LogP contribution >= 0.6 is 23.4 Å². The number of rotatable bonds is 10. The molecule has 1 aliphatic heterocycles. The maximum Gasteiger partial charge on any atom is 0.251 e. The van der Waals surface area contributed by atoms with Crippen molar-refractivity contribution in [3.63, 3.8) is 0 Å². The number of carbonyl (C=O) groups excluding carboxylic acids is 2. The van der Waals surface area contributed by atoms with E-state index in [1.807, 2.05) is 37.3 Å². The van der Waals surface area contributed by atoms with Gasteiger partial charge in [-0.15, -0.1) is 10.2 Å². The van der Waals surface area contributed by atoms with Gasteiger partial charge in [0.05, 0.1) is 36.1 Å². The predicted molar refractivity (Wildman–Crippen MR) is 164 cm³/mol. The van der Waals surface area contributed by atoms with Crippen molar-refractivity contribution in [1.82, 2.24) is 24.4 Å². The highest BCUT2D eigenvalue weighted by molar-refractivity contribution is 7.99. The van der Waals surface area contributed by atoms with E-state index < -0.39 is 15.9 Å². The second kappa shape index (κ2) is 13.7. The Balaban J connectivity index is 1.28. The Morgan fingerprint density at radius 3 is 2.47 bits per heavy atom. The number of morpholine rings is 1. The summed E-state index contributed by atoms with van der Waals surface area (Å²) in [7, 11) is -3.67. The lowest BCUT2D eigenvalue weighted by Gasteiger charge is -2.26. The quantitative estimate of drug-likeness (QED) is 0.249. The van der Waals surface area contributed by atoms with E-state index in [9.17, 15) is 18.0 Å². The number of sulfonamides is 1. The average Bonchev–Trinajstić information content (AvgIpc) is 3.42. The maximum atomic E-state index is 13.0. The molecule has 1 saturated heterocycles. The van der Waals surface area contributed by atoms with Gasteiger partial charge in [-0.25, -0.2) is 8.42 Å². The third kappa shape index (κ3) is 7.61. The Morgan fingerprint density at radius 2 is 1.74 bits per heavy atom. The van der Waals surface area contributed by atoms with Gasteiger partial charge < -0.3 is 15.4 Å². The normalized spacial score (nSPS) is 13.9. The summed E-state index contributed by atoms with van der Waals surface area (Å²) in [4.78, 5) is 25.7. The molecule has 14 heteroatoms. The van der Waals surface area contributed by atoms with Gasteiger partial charge in [0, 0.05) is 29.4 Å². The first-order chi connectivity index (χ1) is 20.7. The minimum atomic E-state index is -3.67. The molecule has 1 fully saturated rings. The third-order valence-electron chi connectivity index (χ3n) is 6.53. The molecule has 0 aliphatic carbocycles. The van der Waals surface area contributed by atoms with Crippen LogP contribution in [0, 0.1) is 6.92 Å². The maximum absolute atomic E-state index is 13.0. The molecule has 2 amide bonds. The summed E-state index contributed by atoms with van der Waals surface area (Å²) in [6.07, 6.45) is 0. The highest BCUT2D eigenvalue weighted by atomic mass is 35.5. The SMILES string of the molecule is Cc1cccc(NC(=O)CSc2nnc(CNC(=O)c3ccc(S(=O)(=O)N4CCOCC4)cc3)n2-c2cccc(Cl)c2)c1. The van der Waals surface area contributed by atoms with Crippen molar-refractivity contribution >= 4 is 50.9 Å². The molecule has 4 aromatic rings. The van der Waals surface area contributed by atoms with Crippen LogP contribution in [0.25, 0.3) is 5.69 Å². The number of amides is 2. The van der Waals surface area contributed by atoms with Crippen LogP contribution in [0.2, 0.25) is 5.02 Å². The molecule has 43 heavy (non-hydrogen) atoms. The first-order valence-corrected chi connectivity index (χ1v) is 16.2. The number of hydrogen-bond donors (Lipinski definition) is 2. The van der Waals surface area contributed by atoms with Crippen molar-refractivity contribution in [2.75, 3.05) is 37.4 Å². The Kier molecular flexibility index (Phi) is 9.78. The van der Waals surface area contributed by atoms with Gasteiger partial charge >= 0.3 is 0 Å². The highest BCUT2D eigenvalue weighted by Gasteiger charge is 2.26. The molecule has 0 spiro atoms. The minimum Gasteiger partial charge on any atom is -0.379 e. The Morgan fingerprint density at radius 1 is 1.00 bits per heavy atom. The van der Waals surface area contributed by atoms with Crippen molar-refractivity contribution in [1.29, 1.82) is 0 Å². The number of benzene rings is 3. The predicted octanol–water partition coefficient (Wildman–Crippen LogP) is 3.91. The van der Waals surface area contributed by atoms with E-state index in [1.165, 1.54) is 40.3 Å². The molecule has 0 radical (unpaired) electrons. The number of aromatic nitrogens is 3. The molecular formula is C29H29ClN6O5S2. The molecule has 11 nitrogen and oxygen atoms in total. The number of nitrogens with one attached hydrogen (secondary N) is 2. The molecule has 1 aliphatic rings. The van der Waals surface area contributed by atoms with Crippen LogP contribution < -0.4 is 10.6 Å². The third-order valence-corrected chi connectivity index (χ3v) is 9.61. The highest BCUT2D eigenvalue weighted by Crippen LogP contribution is 2.25. The van der Waals surface area contributed by atoms with E-state index in [1.54, 1.807) is 22.8 Å². The fourth-order valence-electron chi connectivity index (χ4n) is 4.41. The van der Waals surface area contributed by atoms with Gasteiger partial charge in [0.2, 0.25) is 15.9 Å². The summed E-state index contributed by atoms with van der Waals surface area (Å²) in [5, 5.41) is 15.2. The monoisotopic (exact) mass is 640 g/mol. The number of ether oxygens (including phenoxy) is 1. The van der Waals surface area contributed by atoms with Crippen molar-refractivity contribution in [2.45, 2.75) is 23.5 Å². The number of anilines is 1. The zero-order chi connectivity index (χ0) is 30.4. The van der Waals surface area contributed by atoms with E-state index >= 15 is 0 Å². The molecule has 0 unspecified atom stereocenters. The topological polar surface area (TPSA) is 136 Å². The van der Waals surface area contributed by atoms with E-state index in [0.717, 1.165) is 5.56 Å². The number of thioether (sulfide) groups is 1. The second-order valence-electron chi connectivity index (χ2n) is 9.64. The van der Waals surface area contributed by atoms with Crippen molar-refractivity contribution in [2.24, 2.45) is 0 Å². The van der Waals surface area contributed by atoms with Crippen LogP contribution in [-0.4, -0.2) is 71.4 Å². The lowest BCUT2D eigenvalue weighted by molar-refractivity contribution is -0.113. The molecule has 5 rings (SSSR count). The van der Waals surface area contributed by atoms with E-state index in [2.05, 4.69) is 20.8 Å². The van der Waals surface area contributed by atoms with Crippen molar-refractivity contribution in [3.8, 4) is 5.69 Å². The summed E-state index contributed by atoms with van der Waals surface area (Å²) < 4.78 is 34.1. The van der Waals surface area contributed by atoms with Gasteiger partial charge in [-0.2, -0.15) is 4.31 Å². The van der Waals surface area contributed by atoms with Crippen LogP contribution in [0.3, 0.4) is 0 Å². The number of nitrogens with zero attached hydrogens (tertiary/aromatic N) is 4. The zero-order valence-corrected chi connectivity index (χ0v) is 25.6. The lowest BCUT2D eigenvalue weighted by atomic mass is 10.2. The number of halogens is 1. The van der Waals surface area contributed by atoms with E-state index in [4.69, 9.17) is 16.3 Å². The van der Waals surface area contributed by atoms with Crippen LogP contribution in [0.15, 0.2) is 82.8 Å². The van der Waals surface area contributed by atoms with Gasteiger partial charge in [0.25, 0.3) is 5.91 Å². The van der Waals surface area contributed by atoms with Gasteiger partial charge in [0.15, 0.2) is 11.0 Å². The molecule has 2 heterocycles. The van der Waals surface area contributed by atoms with Crippen molar-refractivity contribution in [3.05, 3.63) is 94.8 Å². The molecule has 2 N–H and O–H groups in total. The van der Waals surface area contributed by atoms with Crippen LogP contribution in [0.1, 0.15) is 21.7 Å². The number of aryl methyl sites for hydroxylation is 1. The summed E-state index contributed by atoms with van der Waals surface area (Å²) in [6, 6.07) is 20.4. The first-order valence-electron chi connectivity index (χ1n) is 13.4. The Bertz CT molecular complexity index is 1720. The summed E-state index contributed by atoms with van der Waals surface area (Å²) in [5.41, 5.74) is 2.70. The summed E-state index contributed by atoms with van der Waals surface area (Å²) in [6.45, 7) is 3.23. The molecule has 0 bridgehead atoms. The molecule has 224 valence electrons. The molecule has 0 atom stereocenters. The van der Waals surface area contributed by atoms with Gasteiger partial charge in [-0.3, -0.25) is 14.2 Å². The fraction of sp³-hybridized carbons (Fsp3) is 0.241. The zero-order valence-electron chi connectivity index (χ0n) is 23.2.